The van der Waals surface area contributed by atoms with Crippen molar-refractivity contribution >= 4 is 15.9 Å². The molecule has 18 heavy (non-hydrogen) atoms. The molecule has 0 aliphatic carbocycles. The summed E-state index contributed by atoms with van der Waals surface area (Å²) in [7, 11) is 0. The van der Waals surface area contributed by atoms with Crippen LogP contribution in [-0.4, -0.2) is 42.2 Å². The molecule has 0 radical (unpaired) electrons. The van der Waals surface area contributed by atoms with Gasteiger partial charge in [-0.25, -0.2) is 4.98 Å². The number of aromatic nitrogens is 1. The Morgan fingerprint density at radius 2 is 2.00 bits per heavy atom. The van der Waals surface area contributed by atoms with Gasteiger partial charge in [0, 0.05) is 32.4 Å². The van der Waals surface area contributed by atoms with E-state index in [9.17, 15) is 13.2 Å². The lowest BCUT2D eigenvalue weighted by Gasteiger charge is -2.36. The third-order valence-electron chi connectivity index (χ3n) is 2.89. The number of alkyl halides is 3. The molecule has 3 nitrogen and oxygen atoms in total. The van der Waals surface area contributed by atoms with Gasteiger partial charge in [-0.2, -0.15) is 13.2 Å². The molecule has 100 valence electrons. The lowest BCUT2D eigenvalue weighted by atomic mass is 10.1. The second kappa shape index (κ2) is 5.54. The molecule has 1 aromatic rings. The van der Waals surface area contributed by atoms with E-state index in [1.54, 1.807) is 0 Å². The van der Waals surface area contributed by atoms with Gasteiger partial charge in [-0.15, -0.1) is 0 Å². The zero-order chi connectivity index (χ0) is 13.2. The summed E-state index contributed by atoms with van der Waals surface area (Å²) in [5, 5.41) is 3.05. The average Bonchev–Trinajstić information content (AvgIpc) is 2.28. The van der Waals surface area contributed by atoms with Crippen molar-refractivity contribution < 1.29 is 13.2 Å². The number of pyridine rings is 1. The minimum Gasteiger partial charge on any atom is -0.314 e. The zero-order valence-electron chi connectivity index (χ0n) is 9.54. The van der Waals surface area contributed by atoms with Gasteiger partial charge >= 0.3 is 6.18 Å². The van der Waals surface area contributed by atoms with Gasteiger partial charge in [0.25, 0.3) is 0 Å². The molecular formula is C11H13BrF3N3. The predicted octanol–water partition coefficient (Wildman–Crippen LogP) is 2.35. The summed E-state index contributed by atoms with van der Waals surface area (Å²) in [6, 6.07) is 1.30. The van der Waals surface area contributed by atoms with Gasteiger partial charge in [0.2, 0.25) is 0 Å². The van der Waals surface area contributed by atoms with Crippen LogP contribution in [0.1, 0.15) is 11.6 Å². The molecule has 1 saturated heterocycles. The first-order valence-electron chi connectivity index (χ1n) is 5.61. The molecule has 0 bridgehead atoms. The predicted molar refractivity (Wildman–Crippen MR) is 65.2 cm³/mol. The molecule has 1 N–H and O–H groups in total. The van der Waals surface area contributed by atoms with E-state index in [2.05, 4.69) is 26.2 Å². The van der Waals surface area contributed by atoms with Crippen molar-refractivity contribution in [3.63, 3.8) is 0 Å². The molecule has 0 amide bonds. The summed E-state index contributed by atoms with van der Waals surface area (Å²) >= 11 is 3.11. The molecular weight excluding hydrogens is 311 g/mol. The van der Waals surface area contributed by atoms with E-state index in [4.69, 9.17) is 0 Å². The fraction of sp³-hybridized carbons (Fsp3) is 0.545. The Kier molecular flexibility index (Phi) is 4.24. The third kappa shape index (κ3) is 3.21. The van der Waals surface area contributed by atoms with Crippen LogP contribution in [0.2, 0.25) is 0 Å². The van der Waals surface area contributed by atoms with Gasteiger partial charge in [-0.3, -0.25) is 4.90 Å². The maximum Gasteiger partial charge on any atom is 0.408 e. The van der Waals surface area contributed by atoms with Crippen molar-refractivity contribution in [2.24, 2.45) is 0 Å². The summed E-state index contributed by atoms with van der Waals surface area (Å²) in [4.78, 5) is 5.32. The maximum atomic E-state index is 13.2. The van der Waals surface area contributed by atoms with E-state index in [0.29, 0.717) is 30.8 Å². The molecule has 0 unspecified atom stereocenters. The van der Waals surface area contributed by atoms with Crippen LogP contribution in [-0.2, 0) is 0 Å². The van der Waals surface area contributed by atoms with E-state index >= 15 is 0 Å². The highest BCUT2D eigenvalue weighted by Crippen LogP contribution is 2.38. The van der Waals surface area contributed by atoms with Crippen molar-refractivity contribution in [1.82, 2.24) is 15.2 Å². The first-order valence-corrected chi connectivity index (χ1v) is 6.41. The number of halogens is 4. The van der Waals surface area contributed by atoms with Crippen LogP contribution in [0.5, 0.6) is 0 Å². The Balaban J connectivity index is 2.30. The third-order valence-corrected chi connectivity index (χ3v) is 3.33. The highest BCUT2D eigenvalue weighted by molar-refractivity contribution is 9.10. The Bertz CT molecular complexity index is 405. The summed E-state index contributed by atoms with van der Waals surface area (Å²) in [6.07, 6.45) is -2.89. The van der Waals surface area contributed by atoms with Crippen molar-refractivity contribution in [2.75, 3.05) is 26.2 Å². The molecule has 2 heterocycles. The van der Waals surface area contributed by atoms with Gasteiger partial charge in [0.1, 0.15) is 10.6 Å². The number of nitrogens with one attached hydrogen (secondary N) is 1. The Morgan fingerprint density at radius 3 is 2.56 bits per heavy atom. The molecule has 1 aliphatic heterocycles. The summed E-state index contributed by atoms with van der Waals surface area (Å²) < 4.78 is 40.1. The highest BCUT2D eigenvalue weighted by Gasteiger charge is 2.44. The molecule has 0 aromatic carbocycles. The minimum absolute atomic E-state index is 0.228. The van der Waals surface area contributed by atoms with Crippen LogP contribution in [0.15, 0.2) is 22.9 Å². The Labute approximate surface area is 112 Å². The quantitative estimate of drug-likeness (QED) is 0.847. The monoisotopic (exact) mass is 323 g/mol. The van der Waals surface area contributed by atoms with Crippen molar-refractivity contribution in [1.29, 1.82) is 0 Å². The van der Waals surface area contributed by atoms with Gasteiger partial charge < -0.3 is 5.32 Å². The molecule has 0 spiro atoms. The average molecular weight is 324 g/mol. The second-order valence-corrected chi connectivity index (χ2v) is 4.95. The lowest BCUT2D eigenvalue weighted by Crippen LogP contribution is -2.49. The Morgan fingerprint density at radius 1 is 1.33 bits per heavy atom. The number of nitrogens with zero attached hydrogens (tertiary/aromatic N) is 2. The number of piperazine rings is 1. The van der Waals surface area contributed by atoms with Crippen molar-refractivity contribution in [2.45, 2.75) is 12.2 Å². The van der Waals surface area contributed by atoms with Crippen LogP contribution in [0.4, 0.5) is 13.2 Å². The van der Waals surface area contributed by atoms with E-state index < -0.39 is 12.2 Å². The first-order chi connectivity index (χ1) is 8.48. The second-order valence-electron chi connectivity index (χ2n) is 4.14. The van der Waals surface area contributed by atoms with Crippen LogP contribution < -0.4 is 5.32 Å². The Hall–Kier alpha value is -0.660. The SMILES string of the molecule is FC(F)(F)[C@H](c1ccnc(Br)c1)N1CCNCC1. The van der Waals surface area contributed by atoms with Crippen molar-refractivity contribution in [3.05, 3.63) is 28.5 Å². The summed E-state index contributed by atoms with van der Waals surface area (Å²) in [5.74, 6) is 0. The summed E-state index contributed by atoms with van der Waals surface area (Å²) in [6.45, 7) is 1.95. The molecule has 2 rings (SSSR count). The van der Waals surface area contributed by atoms with E-state index in [-0.39, 0.29) is 5.56 Å². The lowest BCUT2D eigenvalue weighted by molar-refractivity contribution is -0.187. The smallest absolute Gasteiger partial charge is 0.314 e. The van der Waals surface area contributed by atoms with Crippen molar-refractivity contribution in [3.8, 4) is 0 Å². The normalized spacial score (nSPS) is 19.8. The fourth-order valence-corrected chi connectivity index (χ4v) is 2.52. The van der Waals surface area contributed by atoms with Gasteiger partial charge in [0.05, 0.1) is 0 Å². The standard InChI is InChI=1S/C11H13BrF3N3/c12-9-7-8(1-2-17-9)10(11(13,14)15)18-5-3-16-4-6-18/h1-2,7,10,16H,3-6H2/t10-/m0/s1. The molecule has 1 fully saturated rings. The highest BCUT2D eigenvalue weighted by atomic mass is 79.9. The fourth-order valence-electron chi connectivity index (χ4n) is 2.13. The van der Waals surface area contributed by atoms with Crippen LogP contribution >= 0.6 is 15.9 Å². The van der Waals surface area contributed by atoms with E-state index in [0.717, 1.165) is 0 Å². The first kappa shape index (κ1) is 13.8. The number of hydrogen-bond donors (Lipinski definition) is 1. The zero-order valence-corrected chi connectivity index (χ0v) is 11.1. The molecule has 7 heteroatoms. The van der Waals surface area contributed by atoms with Crippen LogP contribution in [0, 0.1) is 0 Å². The maximum absolute atomic E-state index is 13.2. The molecule has 1 aromatic heterocycles. The van der Waals surface area contributed by atoms with Gasteiger partial charge in [0.15, 0.2) is 0 Å². The molecule has 0 saturated carbocycles. The molecule has 1 atom stereocenters. The van der Waals surface area contributed by atoms with Gasteiger partial charge in [-0.05, 0) is 33.6 Å². The largest absolute Gasteiger partial charge is 0.408 e. The molecule has 1 aliphatic rings. The van der Waals surface area contributed by atoms with E-state index in [1.165, 1.54) is 23.2 Å². The number of rotatable bonds is 2. The number of hydrogen-bond acceptors (Lipinski definition) is 3. The summed E-state index contributed by atoms with van der Waals surface area (Å²) in [5.41, 5.74) is 0.228. The van der Waals surface area contributed by atoms with Crippen LogP contribution in [0.25, 0.3) is 0 Å². The van der Waals surface area contributed by atoms with Gasteiger partial charge in [-0.1, -0.05) is 0 Å². The van der Waals surface area contributed by atoms with Crippen LogP contribution in [0.3, 0.4) is 0 Å². The topological polar surface area (TPSA) is 28.2 Å². The minimum atomic E-state index is -4.28. The van der Waals surface area contributed by atoms with E-state index in [1.807, 2.05) is 0 Å².